The van der Waals surface area contributed by atoms with Gasteiger partial charge in [0.2, 0.25) is 5.91 Å². The van der Waals surface area contributed by atoms with E-state index in [2.05, 4.69) is 44.9 Å². The average Bonchev–Trinajstić information content (AvgIpc) is 2.97. The summed E-state index contributed by atoms with van der Waals surface area (Å²) in [6, 6.07) is 0. The van der Waals surface area contributed by atoms with Gasteiger partial charge in [-0.15, -0.1) is 0 Å². The summed E-state index contributed by atoms with van der Waals surface area (Å²) in [4.78, 5) is 58.6. The highest BCUT2D eigenvalue weighted by Gasteiger charge is 2.41. The van der Waals surface area contributed by atoms with Crippen molar-refractivity contribution in [2.75, 3.05) is 59.5 Å². The van der Waals surface area contributed by atoms with Gasteiger partial charge in [-0.1, -0.05) is 41.0 Å². The normalized spacial score (nSPS) is 16.3. The van der Waals surface area contributed by atoms with Crippen molar-refractivity contribution in [1.82, 2.24) is 14.9 Å². The highest BCUT2D eigenvalue weighted by Crippen LogP contribution is 2.48. The van der Waals surface area contributed by atoms with Gasteiger partial charge in [0.25, 0.3) is 0 Å². The number of unbranched alkanes of at least 4 members (excludes halogenated alkanes) is 1. The molecule has 5 unspecified atom stereocenters. The number of hydrogen-bond acceptors (Lipinski definition) is 14. The van der Waals surface area contributed by atoms with Crippen LogP contribution in [0.3, 0.4) is 0 Å². The number of aryl methyl sites for hydroxylation is 1. The lowest BCUT2D eigenvalue weighted by molar-refractivity contribution is -0.144. The number of aliphatic hydroxyl groups excluding tert-OH is 1. The van der Waals surface area contributed by atoms with Crippen LogP contribution in [0.1, 0.15) is 78.5 Å². The van der Waals surface area contributed by atoms with Crippen molar-refractivity contribution in [1.29, 1.82) is 0 Å². The molecule has 5 atom stereocenters. The Kier molecular flexibility index (Phi) is 20.1. The monoisotopic (exact) mass is 744 g/mol. The Morgan fingerprint density at radius 3 is 2.39 bits per heavy atom. The molecule has 7 N–H and O–H groups in total. The molecule has 0 aliphatic rings. The van der Waals surface area contributed by atoms with Crippen molar-refractivity contribution in [3.8, 4) is 0 Å². The summed E-state index contributed by atoms with van der Waals surface area (Å²) in [5.74, 6) is -0.616. The minimum absolute atomic E-state index is 0.0322. The van der Waals surface area contributed by atoms with Crippen molar-refractivity contribution < 1.29 is 56.9 Å². The van der Waals surface area contributed by atoms with Gasteiger partial charge >= 0.3 is 22.1 Å². The molecule has 17 nitrogen and oxygen atoms in total. The molecule has 19 heteroatoms. The summed E-state index contributed by atoms with van der Waals surface area (Å²) in [6.07, 6.45) is -0.169. The molecule has 0 aliphatic heterocycles. The van der Waals surface area contributed by atoms with E-state index in [-0.39, 0.29) is 49.0 Å². The Morgan fingerprint density at radius 1 is 1.14 bits per heavy atom. The fourth-order valence-corrected chi connectivity index (χ4v) is 6.77. The van der Waals surface area contributed by atoms with Gasteiger partial charge in [-0.2, -0.15) is 4.98 Å². The smallest absolute Gasteiger partial charge is 0.396 e. The van der Waals surface area contributed by atoms with Crippen molar-refractivity contribution in [3.63, 3.8) is 0 Å². The predicted molar refractivity (Wildman–Crippen MR) is 183 cm³/mol. The number of nitrogens with zero attached hydrogens (tertiary/aromatic N) is 2. The van der Waals surface area contributed by atoms with Crippen molar-refractivity contribution in [3.05, 3.63) is 22.2 Å². The third-order valence-electron chi connectivity index (χ3n) is 7.32. The molecule has 0 aliphatic carbocycles. The quantitative estimate of drug-likeness (QED) is 0.0623. The van der Waals surface area contributed by atoms with E-state index in [1.807, 2.05) is 0 Å². The van der Waals surface area contributed by atoms with E-state index in [1.54, 1.807) is 6.92 Å². The van der Waals surface area contributed by atoms with Crippen LogP contribution < -0.4 is 16.7 Å². The predicted octanol–water partition coefficient (Wildman–Crippen LogP) is 2.79. The molecule has 286 valence electrons. The van der Waals surface area contributed by atoms with Crippen LogP contribution in [0.15, 0.2) is 11.0 Å². The second-order valence-electron chi connectivity index (χ2n) is 13.9. The number of carbonyl (C=O) groups excluding carboxylic acids is 1. The van der Waals surface area contributed by atoms with Gasteiger partial charge in [-0.05, 0) is 37.0 Å². The van der Waals surface area contributed by atoms with Crippen molar-refractivity contribution in [2.45, 2.75) is 92.1 Å². The molecular formula is C30H58N4O13P2. The minimum Gasteiger partial charge on any atom is -0.396 e. The third-order valence-corrected chi connectivity index (χ3v) is 8.69. The number of carbonyl (C=O) groups is 1. The number of phosphoric acid groups is 1. The van der Waals surface area contributed by atoms with Crippen LogP contribution in [0.5, 0.6) is 0 Å². The van der Waals surface area contributed by atoms with Crippen molar-refractivity contribution in [2.24, 2.45) is 16.7 Å². The molecule has 49 heavy (non-hydrogen) atoms. The lowest BCUT2D eigenvalue weighted by Gasteiger charge is -2.34. The minimum atomic E-state index is -4.97. The summed E-state index contributed by atoms with van der Waals surface area (Å²) in [7, 11) is -5.19. The molecule has 0 radical (unpaired) electrons. The largest absolute Gasteiger partial charge is 0.472 e. The van der Waals surface area contributed by atoms with E-state index < -0.39 is 53.1 Å². The second kappa shape index (κ2) is 21.7. The molecule has 0 fully saturated rings. The van der Waals surface area contributed by atoms with Gasteiger partial charge in [0, 0.05) is 51.5 Å². The van der Waals surface area contributed by atoms with Crippen LogP contribution in [-0.2, 0) is 37.1 Å². The fraction of sp³-hybridized carbons (Fsp3) is 0.833. The number of anilines is 1. The van der Waals surface area contributed by atoms with E-state index >= 15 is 0 Å². The summed E-state index contributed by atoms with van der Waals surface area (Å²) < 4.78 is 46.3. The topological polar surface area (TPSA) is 243 Å². The molecule has 0 saturated carbocycles. The van der Waals surface area contributed by atoms with Gasteiger partial charge in [0.15, 0.2) is 6.23 Å². The molecule has 0 aromatic carbocycles. The third kappa shape index (κ3) is 18.5. The van der Waals surface area contributed by atoms with Crippen LogP contribution >= 0.6 is 16.4 Å². The van der Waals surface area contributed by atoms with Gasteiger partial charge in [-0.3, -0.25) is 18.4 Å². The molecule has 1 aromatic heterocycles. The molecule has 1 heterocycles. The first-order valence-electron chi connectivity index (χ1n) is 16.1. The maximum atomic E-state index is 13.3. The molecular weight excluding hydrogens is 686 g/mol. The SMILES string of the molecule is COCCOC(C(OP(=O)(O)OCC(CO)CCCCNC(=O)CC(C)(C)CC(C)(C)C)C(COP(O)O)OC)n1cc(C)c(N)nc1=O. The summed E-state index contributed by atoms with van der Waals surface area (Å²) >= 11 is 0. The number of methoxy groups -OCH3 is 2. The van der Waals surface area contributed by atoms with E-state index in [0.29, 0.717) is 37.8 Å². The van der Waals surface area contributed by atoms with Gasteiger partial charge in [0.05, 0.1) is 26.4 Å². The fourth-order valence-electron chi connectivity index (χ4n) is 5.48. The molecule has 0 spiro atoms. The zero-order valence-corrected chi connectivity index (χ0v) is 31.8. The maximum Gasteiger partial charge on any atom is 0.472 e. The Balaban J connectivity index is 3.00. The zero-order valence-electron chi connectivity index (χ0n) is 30.0. The van der Waals surface area contributed by atoms with Crippen LogP contribution in [0.2, 0.25) is 0 Å². The number of phosphoric ester groups is 1. The number of nitrogen functional groups attached to an aromatic ring is 1. The van der Waals surface area contributed by atoms with Gasteiger partial charge < -0.3 is 49.6 Å². The second-order valence-corrected chi connectivity index (χ2v) is 16.1. The number of rotatable bonds is 25. The number of nitrogens with two attached hydrogens (primary N) is 1. The first-order chi connectivity index (χ1) is 22.7. The molecule has 1 rings (SSSR count). The van der Waals surface area contributed by atoms with Crippen LogP contribution in [0.25, 0.3) is 0 Å². The first-order valence-corrected chi connectivity index (χ1v) is 18.7. The summed E-state index contributed by atoms with van der Waals surface area (Å²) in [5, 5.41) is 12.9. The standard InChI is InChI=1S/C30H58N4O13P2/c1-21-16-34(28(37)33-26(21)31)27(44-14-13-42-7)25(23(43-8)19-45-48(38)39)47-49(40,41)46-18-22(17-35)11-9-10-12-32-24(36)15-30(5,6)20-29(2,3)4/h16,22-23,25,27,35,38-39H,9-15,17-20H2,1-8H3,(H,32,36)(H,40,41)(H2,31,33,37). The lowest BCUT2D eigenvalue weighted by Crippen LogP contribution is -2.45. The van der Waals surface area contributed by atoms with Crippen molar-refractivity contribution >= 4 is 28.2 Å². The molecule has 1 aromatic rings. The number of aliphatic hydroxyl groups is 1. The lowest BCUT2D eigenvalue weighted by atomic mass is 9.74. The maximum absolute atomic E-state index is 13.3. The highest BCUT2D eigenvalue weighted by molar-refractivity contribution is 7.47. The number of aromatic nitrogens is 2. The van der Waals surface area contributed by atoms with Crippen LogP contribution in [0, 0.1) is 23.7 Å². The number of amides is 1. The van der Waals surface area contributed by atoms with E-state index in [9.17, 15) is 33.9 Å². The molecule has 0 saturated heterocycles. The Labute approximate surface area is 290 Å². The van der Waals surface area contributed by atoms with Gasteiger partial charge in [0.1, 0.15) is 18.0 Å². The Hall–Kier alpha value is -1.59. The average molecular weight is 745 g/mol. The van der Waals surface area contributed by atoms with Crippen LogP contribution in [0.4, 0.5) is 5.82 Å². The molecule has 1 amide bonds. The van der Waals surface area contributed by atoms with E-state index in [0.717, 1.165) is 11.0 Å². The van der Waals surface area contributed by atoms with Crippen LogP contribution in [-0.4, -0.2) is 101 Å². The molecule has 0 bridgehead atoms. The highest BCUT2D eigenvalue weighted by atomic mass is 31.2. The van der Waals surface area contributed by atoms with E-state index in [4.69, 9.17) is 33.5 Å². The van der Waals surface area contributed by atoms with E-state index in [1.165, 1.54) is 20.4 Å². The number of hydrogen-bond donors (Lipinski definition) is 6. The zero-order chi connectivity index (χ0) is 37.4. The summed E-state index contributed by atoms with van der Waals surface area (Å²) in [6.45, 7) is 11.3. The number of nitrogens with one attached hydrogen (secondary N) is 1. The van der Waals surface area contributed by atoms with Gasteiger partial charge in [-0.25, -0.2) is 9.36 Å². The first kappa shape index (κ1) is 45.4. The Bertz CT molecular complexity index is 1230. The Morgan fingerprint density at radius 2 is 1.82 bits per heavy atom. The number of ether oxygens (including phenoxy) is 3. The summed E-state index contributed by atoms with van der Waals surface area (Å²) in [5.41, 5.74) is 5.25.